The molecule has 1 aromatic heterocycles. The number of rotatable bonds is 6. The van der Waals surface area contributed by atoms with Gasteiger partial charge in [-0.1, -0.05) is 37.6 Å². The second kappa shape index (κ2) is 6.85. The van der Waals surface area contributed by atoms with Gasteiger partial charge in [-0.05, 0) is 18.1 Å². The van der Waals surface area contributed by atoms with Crippen LogP contribution in [0.25, 0.3) is 0 Å². The molecule has 2 aromatic rings. The summed E-state index contributed by atoms with van der Waals surface area (Å²) in [6.45, 7) is 4.11. The predicted octanol–water partition coefficient (Wildman–Crippen LogP) is 3.55. The molecule has 0 radical (unpaired) electrons. The summed E-state index contributed by atoms with van der Waals surface area (Å²) in [5.74, 6) is 1.48. The summed E-state index contributed by atoms with van der Waals surface area (Å²) in [5, 5.41) is 3.89. The van der Waals surface area contributed by atoms with Gasteiger partial charge in [-0.2, -0.15) is 4.98 Å². The third kappa shape index (κ3) is 3.58. The quantitative estimate of drug-likeness (QED) is 0.826. The predicted molar refractivity (Wildman–Crippen MR) is 76.6 cm³/mol. The van der Waals surface area contributed by atoms with Crippen molar-refractivity contribution in [2.45, 2.75) is 37.0 Å². The van der Waals surface area contributed by atoms with E-state index in [2.05, 4.69) is 17.1 Å². The van der Waals surface area contributed by atoms with E-state index in [-0.39, 0.29) is 17.8 Å². The fourth-order valence-electron chi connectivity index (χ4n) is 1.66. The Morgan fingerprint density at radius 1 is 1.40 bits per heavy atom. The molecule has 20 heavy (non-hydrogen) atoms. The lowest BCUT2D eigenvalue weighted by molar-refractivity contribution is 0.311. The first kappa shape index (κ1) is 15.0. The molecule has 1 unspecified atom stereocenters. The Balaban J connectivity index is 1.98. The van der Waals surface area contributed by atoms with Crippen molar-refractivity contribution in [3.8, 4) is 0 Å². The standard InChI is InChI=1S/C14H18FN3OS/c1-3-9(2)13(16)14-17-12(18-19-14)8-20-11-7-5-4-6-10(11)15/h4-7,9,13H,3,8,16H2,1-2H3/t9?,13-/m0/s1. The molecule has 6 heteroatoms. The number of benzene rings is 1. The van der Waals surface area contributed by atoms with Gasteiger partial charge < -0.3 is 10.3 Å². The van der Waals surface area contributed by atoms with E-state index >= 15 is 0 Å². The van der Waals surface area contributed by atoms with Gasteiger partial charge in [-0.15, -0.1) is 11.8 Å². The van der Waals surface area contributed by atoms with Crippen LogP contribution in [0.4, 0.5) is 4.39 Å². The van der Waals surface area contributed by atoms with Crippen LogP contribution in [-0.4, -0.2) is 10.1 Å². The highest BCUT2D eigenvalue weighted by Gasteiger charge is 2.20. The molecule has 2 rings (SSSR count). The molecule has 1 heterocycles. The van der Waals surface area contributed by atoms with Crippen LogP contribution in [0.3, 0.4) is 0 Å². The van der Waals surface area contributed by atoms with Crippen molar-refractivity contribution in [2.24, 2.45) is 11.7 Å². The van der Waals surface area contributed by atoms with Crippen LogP contribution in [0.15, 0.2) is 33.7 Å². The van der Waals surface area contributed by atoms with Gasteiger partial charge in [0.1, 0.15) is 5.82 Å². The SMILES string of the molecule is CCC(C)[C@H](N)c1nc(CSc2ccccc2F)no1. The van der Waals surface area contributed by atoms with E-state index in [9.17, 15) is 4.39 Å². The van der Waals surface area contributed by atoms with Crippen LogP contribution in [0.2, 0.25) is 0 Å². The molecule has 0 fully saturated rings. The summed E-state index contributed by atoms with van der Waals surface area (Å²) in [5.41, 5.74) is 6.03. The van der Waals surface area contributed by atoms with Gasteiger partial charge in [0.15, 0.2) is 5.82 Å². The minimum atomic E-state index is -0.250. The smallest absolute Gasteiger partial charge is 0.243 e. The summed E-state index contributed by atoms with van der Waals surface area (Å²) >= 11 is 1.34. The Kier molecular flexibility index (Phi) is 5.14. The van der Waals surface area contributed by atoms with Crippen LogP contribution in [0.5, 0.6) is 0 Å². The van der Waals surface area contributed by atoms with Gasteiger partial charge in [0, 0.05) is 4.90 Å². The topological polar surface area (TPSA) is 64.9 Å². The Labute approximate surface area is 121 Å². The first-order valence-electron chi connectivity index (χ1n) is 6.57. The molecule has 108 valence electrons. The van der Waals surface area contributed by atoms with E-state index in [4.69, 9.17) is 10.3 Å². The van der Waals surface area contributed by atoms with Gasteiger partial charge in [0.2, 0.25) is 5.89 Å². The van der Waals surface area contributed by atoms with Crippen molar-refractivity contribution in [3.63, 3.8) is 0 Å². The lowest BCUT2D eigenvalue weighted by Gasteiger charge is -2.12. The zero-order valence-corrected chi connectivity index (χ0v) is 12.4. The Hall–Kier alpha value is -1.40. The Bertz CT molecular complexity index is 561. The second-order valence-corrected chi connectivity index (χ2v) is 5.70. The van der Waals surface area contributed by atoms with Crippen molar-refractivity contribution in [3.05, 3.63) is 41.8 Å². The average molecular weight is 295 g/mol. The molecule has 0 spiro atoms. The Morgan fingerprint density at radius 3 is 2.85 bits per heavy atom. The van der Waals surface area contributed by atoms with E-state index in [1.807, 2.05) is 6.92 Å². The minimum Gasteiger partial charge on any atom is -0.338 e. The second-order valence-electron chi connectivity index (χ2n) is 4.68. The fraction of sp³-hybridized carbons (Fsp3) is 0.429. The number of thioether (sulfide) groups is 1. The molecule has 2 atom stereocenters. The molecule has 0 bridgehead atoms. The Morgan fingerprint density at radius 2 is 2.15 bits per heavy atom. The minimum absolute atomic E-state index is 0.238. The molecule has 0 saturated heterocycles. The number of nitrogens with two attached hydrogens (primary N) is 1. The van der Waals surface area contributed by atoms with Crippen LogP contribution >= 0.6 is 11.8 Å². The largest absolute Gasteiger partial charge is 0.338 e. The zero-order valence-electron chi connectivity index (χ0n) is 11.5. The van der Waals surface area contributed by atoms with Gasteiger partial charge in [0.25, 0.3) is 0 Å². The molecule has 0 saturated carbocycles. The third-order valence-electron chi connectivity index (χ3n) is 3.22. The molecule has 1 aromatic carbocycles. The molecule has 2 N–H and O–H groups in total. The molecule has 4 nitrogen and oxygen atoms in total. The van der Waals surface area contributed by atoms with Crippen LogP contribution in [-0.2, 0) is 5.75 Å². The first-order chi connectivity index (χ1) is 9.61. The van der Waals surface area contributed by atoms with Gasteiger partial charge in [-0.3, -0.25) is 0 Å². The first-order valence-corrected chi connectivity index (χ1v) is 7.55. The average Bonchev–Trinajstić information content (AvgIpc) is 2.93. The summed E-state index contributed by atoms with van der Waals surface area (Å²) in [7, 11) is 0. The van der Waals surface area contributed by atoms with E-state index in [0.29, 0.717) is 22.4 Å². The van der Waals surface area contributed by atoms with Crippen molar-refractivity contribution in [1.82, 2.24) is 10.1 Å². The summed E-state index contributed by atoms with van der Waals surface area (Å²) in [4.78, 5) is 4.85. The fourth-order valence-corrected chi connectivity index (χ4v) is 2.45. The summed E-state index contributed by atoms with van der Waals surface area (Å²) in [6, 6.07) is 6.37. The number of aromatic nitrogens is 2. The lowest BCUT2D eigenvalue weighted by Crippen LogP contribution is -2.18. The molecule has 0 aliphatic rings. The highest BCUT2D eigenvalue weighted by Crippen LogP contribution is 2.25. The van der Waals surface area contributed by atoms with Crippen molar-refractivity contribution in [2.75, 3.05) is 0 Å². The van der Waals surface area contributed by atoms with E-state index in [1.54, 1.807) is 18.2 Å². The number of halogens is 1. The third-order valence-corrected chi connectivity index (χ3v) is 4.26. The number of hydrogen-bond acceptors (Lipinski definition) is 5. The summed E-state index contributed by atoms with van der Waals surface area (Å²) in [6.07, 6.45) is 0.947. The molecular formula is C14H18FN3OS. The van der Waals surface area contributed by atoms with Crippen LogP contribution < -0.4 is 5.73 Å². The van der Waals surface area contributed by atoms with Crippen LogP contribution in [0.1, 0.15) is 38.0 Å². The van der Waals surface area contributed by atoms with Crippen molar-refractivity contribution in [1.29, 1.82) is 0 Å². The van der Waals surface area contributed by atoms with E-state index < -0.39 is 0 Å². The zero-order chi connectivity index (χ0) is 14.5. The lowest BCUT2D eigenvalue weighted by atomic mass is 10.0. The maximum atomic E-state index is 13.5. The maximum Gasteiger partial charge on any atom is 0.243 e. The summed E-state index contributed by atoms with van der Waals surface area (Å²) < 4.78 is 18.6. The van der Waals surface area contributed by atoms with Crippen molar-refractivity contribution < 1.29 is 8.91 Å². The van der Waals surface area contributed by atoms with E-state index in [0.717, 1.165) is 6.42 Å². The maximum absolute atomic E-state index is 13.5. The van der Waals surface area contributed by atoms with E-state index in [1.165, 1.54) is 17.8 Å². The monoisotopic (exact) mass is 295 g/mol. The molecule has 0 aliphatic heterocycles. The van der Waals surface area contributed by atoms with Crippen LogP contribution in [0, 0.1) is 11.7 Å². The number of hydrogen-bond donors (Lipinski definition) is 1. The van der Waals surface area contributed by atoms with Gasteiger partial charge in [0.05, 0.1) is 11.8 Å². The molecule has 0 aliphatic carbocycles. The molecule has 0 amide bonds. The highest BCUT2D eigenvalue weighted by atomic mass is 32.2. The van der Waals surface area contributed by atoms with Gasteiger partial charge >= 0.3 is 0 Å². The normalized spacial score (nSPS) is 14.2. The highest BCUT2D eigenvalue weighted by molar-refractivity contribution is 7.98. The van der Waals surface area contributed by atoms with Crippen molar-refractivity contribution >= 4 is 11.8 Å². The van der Waals surface area contributed by atoms with Gasteiger partial charge in [-0.25, -0.2) is 4.39 Å². The number of nitrogens with zero attached hydrogens (tertiary/aromatic N) is 2. The molecular weight excluding hydrogens is 277 g/mol.